The van der Waals surface area contributed by atoms with Crippen LogP contribution in [-0.2, 0) is 10.2 Å². The lowest BCUT2D eigenvalue weighted by atomic mass is 9.70. The van der Waals surface area contributed by atoms with E-state index in [9.17, 15) is 9.90 Å². The van der Waals surface area contributed by atoms with Crippen molar-refractivity contribution in [3.63, 3.8) is 0 Å². The molecule has 1 aromatic rings. The smallest absolute Gasteiger partial charge is 0.337 e. The standard InChI is InChI=1S/C15H10N2O2/c18-14(19)9-5-6-12-15(7-8-16-12)10-3-1-2-4-11(10)17-13(9)15/h1-6,8H,7H2,(H,18,19). The Morgan fingerprint density at radius 3 is 2.95 bits per heavy atom. The second-order valence-electron chi connectivity index (χ2n) is 4.84. The van der Waals surface area contributed by atoms with Crippen LogP contribution in [0.2, 0.25) is 0 Å². The Morgan fingerprint density at radius 2 is 2.11 bits per heavy atom. The van der Waals surface area contributed by atoms with Gasteiger partial charge in [-0.25, -0.2) is 4.79 Å². The molecule has 19 heavy (non-hydrogen) atoms. The summed E-state index contributed by atoms with van der Waals surface area (Å²) in [6.07, 6.45) is 5.93. The van der Waals surface area contributed by atoms with Crippen molar-refractivity contribution in [3.05, 3.63) is 53.3 Å². The summed E-state index contributed by atoms with van der Waals surface area (Å²) in [6.45, 7) is 0. The number of para-hydroxylation sites is 1. The van der Waals surface area contributed by atoms with Gasteiger partial charge in [0.15, 0.2) is 0 Å². The maximum absolute atomic E-state index is 11.4. The van der Waals surface area contributed by atoms with E-state index in [0.717, 1.165) is 16.9 Å². The molecule has 3 aliphatic rings. The average molecular weight is 250 g/mol. The molecule has 4 nitrogen and oxygen atoms in total. The molecule has 0 bridgehead atoms. The molecule has 0 aromatic heterocycles. The van der Waals surface area contributed by atoms with Crippen molar-refractivity contribution in [1.82, 2.24) is 0 Å². The number of allylic oxidation sites excluding steroid dienone is 3. The summed E-state index contributed by atoms with van der Waals surface area (Å²) in [5.41, 5.74) is 3.21. The number of carboxylic acids is 1. The topological polar surface area (TPSA) is 62.0 Å². The summed E-state index contributed by atoms with van der Waals surface area (Å²) < 4.78 is 0. The predicted octanol–water partition coefficient (Wildman–Crippen LogP) is 2.39. The van der Waals surface area contributed by atoms with E-state index in [1.54, 1.807) is 12.2 Å². The lowest BCUT2D eigenvalue weighted by molar-refractivity contribution is -0.132. The fourth-order valence-corrected chi connectivity index (χ4v) is 3.13. The summed E-state index contributed by atoms with van der Waals surface area (Å²) >= 11 is 0. The first-order valence-electron chi connectivity index (χ1n) is 6.11. The van der Waals surface area contributed by atoms with Crippen molar-refractivity contribution in [3.8, 4) is 0 Å². The second kappa shape index (κ2) is 3.29. The number of hydrogen-bond donors (Lipinski definition) is 1. The van der Waals surface area contributed by atoms with Crippen molar-refractivity contribution in [2.75, 3.05) is 0 Å². The Morgan fingerprint density at radius 1 is 1.26 bits per heavy atom. The van der Waals surface area contributed by atoms with Crippen molar-refractivity contribution in [1.29, 1.82) is 0 Å². The average Bonchev–Trinajstić information content (AvgIpc) is 2.97. The first kappa shape index (κ1) is 10.4. The summed E-state index contributed by atoms with van der Waals surface area (Å²) in [5, 5.41) is 9.36. The molecule has 92 valence electrons. The molecular weight excluding hydrogens is 240 g/mol. The molecule has 1 unspecified atom stereocenters. The lowest BCUT2D eigenvalue weighted by Crippen LogP contribution is -2.37. The minimum atomic E-state index is -0.937. The van der Waals surface area contributed by atoms with Crippen LogP contribution in [0.15, 0.2) is 57.7 Å². The fraction of sp³-hybridized carbons (Fsp3) is 0.133. The van der Waals surface area contributed by atoms with Gasteiger partial charge in [0, 0.05) is 12.6 Å². The third kappa shape index (κ3) is 1.11. The largest absolute Gasteiger partial charge is 0.478 e. The number of aliphatic carboxylic acids is 1. The van der Waals surface area contributed by atoms with Gasteiger partial charge in [-0.1, -0.05) is 18.2 Å². The highest BCUT2D eigenvalue weighted by Gasteiger charge is 2.51. The van der Waals surface area contributed by atoms with Crippen LogP contribution in [0.1, 0.15) is 12.0 Å². The fourth-order valence-electron chi connectivity index (χ4n) is 3.13. The molecule has 1 aromatic carbocycles. The molecule has 1 atom stereocenters. The minimum absolute atomic E-state index is 0.269. The Hall–Kier alpha value is -2.49. The van der Waals surface area contributed by atoms with E-state index in [1.165, 1.54) is 0 Å². The van der Waals surface area contributed by atoms with Gasteiger partial charge in [-0.3, -0.25) is 9.98 Å². The van der Waals surface area contributed by atoms with Gasteiger partial charge in [0.1, 0.15) is 0 Å². The van der Waals surface area contributed by atoms with Gasteiger partial charge < -0.3 is 5.11 Å². The number of nitrogens with zero attached hydrogens (tertiary/aromatic N) is 2. The zero-order chi connectivity index (χ0) is 13.0. The van der Waals surface area contributed by atoms with Gasteiger partial charge in [0.25, 0.3) is 0 Å². The Kier molecular flexibility index (Phi) is 1.81. The summed E-state index contributed by atoms with van der Waals surface area (Å²) in [5.74, 6) is -0.937. The zero-order valence-electron chi connectivity index (χ0n) is 10.00. The van der Waals surface area contributed by atoms with Crippen LogP contribution in [-0.4, -0.2) is 23.0 Å². The van der Waals surface area contributed by atoms with Gasteiger partial charge in [0.2, 0.25) is 0 Å². The maximum atomic E-state index is 11.4. The van der Waals surface area contributed by atoms with Crippen molar-refractivity contribution < 1.29 is 9.90 Å². The number of benzene rings is 1. The molecule has 1 N–H and O–H groups in total. The van der Waals surface area contributed by atoms with Gasteiger partial charge in [-0.2, -0.15) is 0 Å². The molecule has 0 fully saturated rings. The van der Waals surface area contributed by atoms with E-state index >= 15 is 0 Å². The number of carboxylic acid groups (broad SMARTS) is 1. The molecule has 4 heteroatoms. The normalized spacial score (nSPS) is 26.0. The first-order chi connectivity index (χ1) is 9.23. The van der Waals surface area contributed by atoms with Crippen LogP contribution >= 0.6 is 0 Å². The summed E-state index contributed by atoms with van der Waals surface area (Å²) in [6, 6.07) is 7.81. The second-order valence-corrected chi connectivity index (χ2v) is 4.84. The summed E-state index contributed by atoms with van der Waals surface area (Å²) in [4.78, 5) is 20.4. The molecule has 0 saturated heterocycles. The van der Waals surface area contributed by atoms with Gasteiger partial charge >= 0.3 is 5.97 Å². The van der Waals surface area contributed by atoms with E-state index < -0.39 is 11.4 Å². The number of carbonyl (C=O) groups is 1. The van der Waals surface area contributed by atoms with Gasteiger partial charge in [0.05, 0.1) is 28.1 Å². The number of aliphatic imine (C=N–C) groups is 2. The minimum Gasteiger partial charge on any atom is -0.478 e. The van der Waals surface area contributed by atoms with Gasteiger partial charge in [-0.15, -0.1) is 0 Å². The monoisotopic (exact) mass is 250 g/mol. The third-order valence-electron chi connectivity index (χ3n) is 3.96. The number of hydrogen-bond acceptors (Lipinski definition) is 3. The third-order valence-corrected chi connectivity index (χ3v) is 3.96. The zero-order valence-corrected chi connectivity index (χ0v) is 10.00. The Balaban J connectivity index is 2.05. The van der Waals surface area contributed by atoms with Crippen LogP contribution < -0.4 is 0 Å². The molecular formula is C15H10N2O2. The Labute approximate surface area is 109 Å². The number of rotatable bonds is 1. The van der Waals surface area contributed by atoms with Crippen molar-refractivity contribution in [2.24, 2.45) is 9.98 Å². The molecule has 4 rings (SSSR count). The van der Waals surface area contributed by atoms with Crippen molar-refractivity contribution >= 4 is 23.6 Å². The quantitative estimate of drug-likeness (QED) is 0.831. The lowest BCUT2D eigenvalue weighted by Gasteiger charge is -2.30. The van der Waals surface area contributed by atoms with E-state index in [-0.39, 0.29) is 5.57 Å². The molecule has 0 amide bonds. The van der Waals surface area contributed by atoms with Crippen LogP contribution in [0.5, 0.6) is 0 Å². The maximum Gasteiger partial charge on any atom is 0.337 e. The molecule has 2 heterocycles. The Bertz CT molecular complexity index is 740. The highest BCUT2D eigenvalue weighted by atomic mass is 16.4. The van der Waals surface area contributed by atoms with E-state index in [0.29, 0.717) is 12.1 Å². The predicted molar refractivity (Wildman–Crippen MR) is 72.1 cm³/mol. The van der Waals surface area contributed by atoms with E-state index in [1.807, 2.05) is 30.5 Å². The first-order valence-corrected chi connectivity index (χ1v) is 6.11. The highest BCUT2D eigenvalue weighted by Crippen LogP contribution is 2.52. The molecule has 1 aliphatic carbocycles. The SMILES string of the molecule is O=C(O)C1=CC=C2N=CCC23C1=Nc1ccccc13. The van der Waals surface area contributed by atoms with Crippen LogP contribution in [0.3, 0.4) is 0 Å². The highest BCUT2D eigenvalue weighted by molar-refractivity contribution is 6.28. The van der Waals surface area contributed by atoms with Crippen LogP contribution in [0, 0.1) is 0 Å². The summed E-state index contributed by atoms with van der Waals surface area (Å²) in [7, 11) is 0. The molecule has 0 radical (unpaired) electrons. The van der Waals surface area contributed by atoms with Gasteiger partial charge in [-0.05, 0) is 23.8 Å². The molecule has 2 aliphatic heterocycles. The van der Waals surface area contributed by atoms with E-state index in [2.05, 4.69) is 9.98 Å². The van der Waals surface area contributed by atoms with Crippen molar-refractivity contribution in [2.45, 2.75) is 11.8 Å². The molecule has 0 saturated carbocycles. The molecule has 1 spiro atoms. The van der Waals surface area contributed by atoms with E-state index in [4.69, 9.17) is 0 Å². The number of fused-ring (bicyclic) bond motifs is 1. The van der Waals surface area contributed by atoms with Crippen LogP contribution in [0.25, 0.3) is 0 Å². The van der Waals surface area contributed by atoms with Crippen LogP contribution in [0.4, 0.5) is 5.69 Å².